The molecule has 19 heavy (non-hydrogen) atoms. The fourth-order valence-corrected chi connectivity index (χ4v) is 3.29. The first kappa shape index (κ1) is 16.7. The van der Waals surface area contributed by atoms with E-state index in [4.69, 9.17) is 4.74 Å². The summed E-state index contributed by atoms with van der Waals surface area (Å²) in [6, 6.07) is 0. The van der Waals surface area contributed by atoms with Crippen LogP contribution in [0.2, 0.25) is 0 Å². The number of methoxy groups -OCH3 is 1. The Bertz CT molecular complexity index is 288. The number of hydrogen-bond acceptors (Lipinski definition) is 3. The van der Waals surface area contributed by atoms with Crippen molar-refractivity contribution in [1.29, 1.82) is 0 Å². The standard InChI is InChI=1S/C14H26N2O2.ClH/c1-3-12-4-9-16(10-12)13(17)14(11-18-2)5-7-15-8-6-14;/h12,15H,3-11H2,1-2H3;1H. The minimum atomic E-state index is -0.261. The Hall–Kier alpha value is -0.320. The van der Waals surface area contributed by atoms with Gasteiger partial charge in [-0.1, -0.05) is 13.3 Å². The normalized spacial score (nSPS) is 26.0. The third-order valence-electron chi connectivity index (χ3n) is 4.59. The summed E-state index contributed by atoms with van der Waals surface area (Å²) in [6.07, 6.45) is 4.17. The van der Waals surface area contributed by atoms with E-state index in [1.807, 2.05) is 0 Å². The highest BCUT2D eigenvalue weighted by atomic mass is 35.5. The summed E-state index contributed by atoms with van der Waals surface area (Å²) in [5.74, 6) is 1.04. The molecule has 0 aromatic carbocycles. The lowest BCUT2D eigenvalue weighted by molar-refractivity contribution is -0.146. The Morgan fingerprint density at radius 2 is 2.11 bits per heavy atom. The minimum absolute atomic E-state index is 0. The van der Waals surface area contributed by atoms with Gasteiger partial charge in [-0.3, -0.25) is 4.79 Å². The molecule has 0 aromatic rings. The van der Waals surface area contributed by atoms with Crippen LogP contribution < -0.4 is 5.32 Å². The molecular formula is C14H27ClN2O2. The van der Waals surface area contributed by atoms with Gasteiger partial charge in [0.1, 0.15) is 0 Å². The molecule has 2 saturated heterocycles. The van der Waals surface area contributed by atoms with Gasteiger partial charge in [-0.05, 0) is 38.3 Å². The average molecular weight is 291 g/mol. The van der Waals surface area contributed by atoms with Crippen molar-refractivity contribution in [3.05, 3.63) is 0 Å². The smallest absolute Gasteiger partial charge is 0.231 e. The molecule has 2 aliphatic rings. The molecule has 0 aliphatic carbocycles. The van der Waals surface area contributed by atoms with Gasteiger partial charge in [0.15, 0.2) is 0 Å². The summed E-state index contributed by atoms with van der Waals surface area (Å²) in [6.45, 7) is 6.54. The molecule has 2 aliphatic heterocycles. The van der Waals surface area contributed by atoms with Crippen LogP contribution in [0.5, 0.6) is 0 Å². The van der Waals surface area contributed by atoms with E-state index in [2.05, 4.69) is 17.1 Å². The van der Waals surface area contributed by atoms with Crippen LogP contribution >= 0.6 is 12.4 Å². The number of piperidine rings is 1. The highest BCUT2D eigenvalue weighted by molar-refractivity contribution is 5.85. The lowest BCUT2D eigenvalue weighted by Crippen LogP contribution is -2.51. The number of ether oxygens (including phenoxy) is 1. The van der Waals surface area contributed by atoms with Crippen LogP contribution in [0.3, 0.4) is 0 Å². The molecule has 2 rings (SSSR count). The third-order valence-corrected chi connectivity index (χ3v) is 4.59. The zero-order valence-electron chi connectivity index (χ0n) is 12.1. The molecule has 1 N–H and O–H groups in total. The lowest BCUT2D eigenvalue weighted by Gasteiger charge is -2.38. The van der Waals surface area contributed by atoms with Crippen molar-refractivity contribution in [2.45, 2.75) is 32.6 Å². The summed E-state index contributed by atoms with van der Waals surface area (Å²) in [4.78, 5) is 14.9. The maximum Gasteiger partial charge on any atom is 0.231 e. The summed E-state index contributed by atoms with van der Waals surface area (Å²) >= 11 is 0. The van der Waals surface area contributed by atoms with Gasteiger partial charge in [0.25, 0.3) is 0 Å². The molecule has 0 aromatic heterocycles. The van der Waals surface area contributed by atoms with Crippen LogP contribution in [0.1, 0.15) is 32.6 Å². The molecule has 1 unspecified atom stereocenters. The molecule has 0 spiro atoms. The predicted molar refractivity (Wildman–Crippen MR) is 78.6 cm³/mol. The number of hydrogen-bond donors (Lipinski definition) is 1. The van der Waals surface area contributed by atoms with Crippen LogP contribution in [-0.2, 0) is 9.53 Å². The Balaban J connectivity index is 0.00000180. The van der Waals surface area contributed by atoms with E-state index in [-0.39, 0.29) is 17.8 Å². The van der Waals surface area contributed by atoms with Gasteiger partial charge < -0.3 is 15.0 Å². The second-order valence-corrected chi connectivity index (χ2v) is 5.78. The van der Waals surface area contributed by atoms with Crippen LogP contribution in [0.4, 0.5) is 0 Å². The van der Waals surface area contributed by atoms with Crippen molar-refractivity contribution < 1.29 is 9.53 Å². The molecular weight excluding hydrogens is 264 g/mol. The molecule has 2 fully saturated rings. The van der Waals surface area contributed by atoms with Crippen molar-refractivity contribution >= 4 is 18.3 Å². The number of rotatable bonds is 4. The van der Waals surface area contributed by atoms with Crippen LogP contribution in [-0.4, -0.2) is 50.7 Å². The van der Waals surface area contributed by atoms with Gasteiger partial charge >= 0.3 is 0 Å². The Morgan fingerprint density at radius 3 is 2.63 bits per heavy atom. The topological polar surface area (TPSA) is 41.6 Å². The summed E-state index contributed by atoms with van der Waals surface area (Å²) in [5.41, 5.74) is -0.261. The Kier molecular flexibility index (Phi) is 6.57. The van der Waals surface area contributed by atoms with Gasteiger partial charge in [0.05, 0.1) is 12.0 Å². The number of carbonyl (C=O) groups is 1. The molecule has 0 saturated carbocycles. The fourth-order valence-electron chi connectivity index (χ4n) is 3.29. The molecule has 1 amide bonds. The fraction of sp³-hybridized carbons (Fsp3) is 0.929. The SMILES string of the molecule is CCC1CCN(C(=O)C2(COC)CCNCC2)C1.Cl. The van der Waals surface area contributed by atoms with Gasteiger partial charge in [-0.25, -0.2) is 0 Å². The Labute approximate surface area is 122 Å². The second kappa shape index (κ2) is 7.46. The Morgan fingerprint density at radius 1 is 1.42 bits per heavy atom. The first-order valence-electron chi connectivity index (χ1n) is 7.21. The van der Waals surface area contributed by atoms with E-state index < -0.39 is 0 Å². The lowest BCUT2D eigenvalue weighted by atomic mass is 9.78. The number of likely N-dealkylation sites (tertiary alicyclic amines) is 1. The van der Waals surface area contributed by atoms with E-state index in [0.29, 0.717) is 18.4 Å². The summed E-state index contributed by atoms with van der Waals surface area (Å²) < 4.78 is 5.34. The zero-order valence-corrected chi connectivity index (χ0v) is 12.9. The van der Waals surface area contributed by atoms with E-state index in [1.165, 1.54) is 12.8 Å². The summed E-state index contributed by atoms with van der Waals surface area (Å²) in [7, 11) is 1.70. The molecule has 4 nitrogen and oxygen atoms in total. The predicted octanol–water partition coefficient (Wildman–Crippen LogP) is 1.68. The van der Waals surface area contributed by atoms with Gasteiger partial charge in [-0.2, -0.15) is 0 Å². The van der Waals surface area contributed by atoms with Gasteiger partial charge in [-0.15, -0.1) is 12.4 Å². The van der Waals surface area contributed by atoms with Crippen molar-refractivity contribution in [2.75, 3.05) is 39.9 Å². The van der Waals surface area contributed by atoms with Crippen LogP contribution in [0, 0.1) is 11.3 Å². The quantitative estimate of drug-likeness (QED) is 0.857. The van der Waals surface area contributed by atoms with E-state index in [1.54, 1.807) is 7.11 Å². The maximum atomic E-state index is 12.8. The minimum Gasteiger partial charge on any atom is -0.384 e. The van der Waals surface area contributed by atoms with Crippen molar-refractivity contribution in [1.82, 2.24) is 10.2 Å². The average Bonchev–Trinajstić information content (AvgIpc) is 2.88. The highest BCUT2D eigenvalue weighted by Crippen LogP contribution is 2.34. The maximum absolute atomic E-state index is 12.8. The van der Waals surface area contributed by atoms with E-state index >= 15 is 0 Å². The first-order chi connectivity index (χ1) is 8.72. The zero-order chi connectivity index (χ0) is 13.0. The molecule has 2 heterocycles. The van der Waals surface area contributed by atoms with Crippen LogP contribution in [0.25, 0.3) is 0 Å². The number of nitrogens with zero attached hydrogens (tertiary/aromatic N) is 1. The second-order valence-electron chi connectivity index (χ2n) is 5.78. The molecule has 0 bridgehead atoms. The number of amides is 1. The third kappa shape index (κ3) is 3.61. The molecule has 112 valence electrons. The number of halogens is 1. The molecule has 0 radical (unpaired) electrons. The number of carbonyl (C=O) groups excluding carboxylic acids is 1. The largest absolute Gasteiger partial charge is 0.384 e. The number of nitrogens with one attached hydrogen (secondary N) is 1. The first-order valence-corrected chi connectivity index (χ1v) is 7.21. The monoisotopic (exact) mass is 290 g/mol. The van der Waals surface area contributed by atoms with Crippen molar-refractivity contribution in [3.8, 4) is 0 Å². The van der Waals surface area contributed by atoms with Crippen molar-refractivity contribution in [2.24, 2.45) is 11.3 Å². The highest BCUT2D eigenvalue weighted by Gasteiger charge is 2.43. The van der Waals surface area contributed by atoms with Gasteiger partial charge in [0.2, 0.25) is 5.91 Å². The molecule has 5 heteroatoms. The van der Waals surface area contributed by atoms with E-state index in [0.717, 1.165) is 39.0 Å². The summed E-state index contributed by atoms with van der Waals surface area (Å²) in [5, 5.41) is 3.34. The molecule has 1 atom stereocenters. The van der Waals surface area contributed by atoms with Crippen molar-refractivity contribution in [3.63, 3.8) is 0 Å². The van der Waals surface area contributed by atoms with E-state index in [9.17, 15) is 4.79 Å². The van der Waals surface area contributed by atoms with Crippen LogP contribution in [0.15, 0.2) is 0 Å². The van der Waals surface area contributed by atoms with Gasteiger partial charge in [0, 0.05) is 20.2 Å².